The Morgan fingerprint density at radius 2 is 1.82 bits per heavy atom. The highest BCUT2D eigenvalue weighted by Gasteiger charge is 2.23. The summed E-state index contributed by atoms with van der Waals surface area (Å²) < 4.78 is 0. The minimum absolute atomic E-state index is 0.357. The van der Waals surface area contributed by atoms with E-state index in [1.165, 1.54) is 32.1 Å². The molecule has 1 amide bonds. The largest absolute Gasteiger partial charge is 0.480 e. The van der Waals surface area contributed by atoms with Crippen LogP contribution in [0.4, 0.5) is 0 Å². The molecule has 1 aliphatic carbocycles. The minimum atomic E-state index is -1.01. The lowest BCUT2D eigenvalue weighted by Crippen LogP contribution is -2.40. The van der Waals surface area contributed by atoms with Gasteiger partial charge in [0.2, 0.25) is 0 Å². The number of benzene rings is 2. The Labute approximate surface area is 228 Å². The molecule has 208 valence electrons. The number of rotatable bonds is 15. The summed E-state index contributed by atoms with van der Waals surface area (Å²) in [7, 11) is 0. The monoisotopic (exact) mass is 522 g/mol. The van der Waals surface area contributed by atoms with Crippen LogP contribution in [0.1, 0.15) is 99.5 Å². The first-order chi connectivity index (χ1) is 18.4. The fourth-order valence-corrected chi connectivity index (χ4v) is 5.30. The van der Waals surface area contributed by atoms with Gasteiger partial charge in [-0.1, -0.05) is 89.1 Å². The van der Waals surface area contributed by atoms with Gasteiger partial charge >= 0.3 is 5.97 Å². The van der Waals surface area contributed by atoms with E-state index in [9.17, 15) is 14.7 Å². The molecule has 1 aliphatic rings. The maximum absolute atomic E-state index is 13.3. The van der Waals surface area contributed by atoms with Crippen molar-refractivity contribution in [3.8, 4) is 11.1 Å². The molecule has 0 unspecified atom stereocenters. The Bertz CT molecular complexity index is 1030. The number of hydrogen-bond donors (Lipinski definition) is 2. The molecule has 2 aromatic rings. The second-order valence-electron chi connectivity index (χ2n) is 10.7. The van der Waals surface area contributed by atoms with Crippen molar-refractivity contribution in [1.82, 2.24) is 10.4 Å². The predicted molar refractivity (Wildman–Crippen MR) is 153 cm³/mol. The third kappa shape index (κ3) is 8.95. The molecule has 0 bridgehead atoms. The third-order valence-corrected chi connectivity index (χ3v) is 7.59. The molecule has 6 nitrogen and oxygen atoms in total. The van der Waals surface area contributed by atoms with Gasteiger partial charge in [-0.25, -0.2) is 4.79 Å². The number of hydrogen-bond acceptors (Lipinski definition) is 4. The van der Waals surface area contributed by atoms with Gasteiger partial charge in [0.15, 0.2) is 0 Å². The quantitative estimate of drug-likeness (QED) is 0.192. The zero-order chi connectivity index (χ0) is 27.3. The minimum Gasteiger partial charge on any atom is -0.480 e. The van der Waals surface area contributed by atoms with Gasteiger partial charge < -0.3 is 10.4 Å². The summed E-state index contributed by atoms with van der Waals surface area (Å²) in [5.41, 5.74) is 4.42. The molecule has 0 spiro atoms. The van der Waals surface area contributed by atoms with Crippen molar-refractivity contribution in [3.63, 3.8) is 0 Å². The highest BCUT2D eigenvalue weighted by molar-refractivity contribution is 6.02. The normalized spacial score (nSPS) is 14.9. The molecule has 1 atom stereocenters. The number of carboxylic acids is 1. The van der Waals surface area contributed by atoms with Gasteiger partial charge in [0, 0.05) is 18.7 Å². The summed E-state index contributed by atoms with van der Waals surface area (Å²) >= 11 is 0. The summed E-state index contributed by atoms with van der Waals surface area (Å²) in [6.07, 6.45) is 11.0. The number of carbonyl (C=O) groups is 2. The van der Waals surface area contributed by atoms with E-state index in [0.717, 1.165) is 54.0 Å². The van der Waals surface area contributed by atoms with E-state index in [4.69, 9.17) is 4.84 Å². The van der Waals surface area contributed by atoms with E-state index in [-0.39, 0.29) is 5.91 Å². The van der Waals surface area contributed by atoms with Crippen molar-refractivity contribution in [2.75, 3.05) is 13.2 Å². The van der Waals surface area contributed by atoms with Gasteiger partial charge in [0.1, 0.15) is 6.04 Å². The number of nitrogens with one attached hydrogen (secondary N) is 1. The average molecular weight is 523 g/mol. The fourth-order valence-electron chi connectivity index (χ4n) is 5.30. The molecule has 0 heterocycles. The van der Waals surface area contributed by atoms with Crippen LogP contribution in [-0.2, 0) is 16.2 Å². The van der Waals surface area contributed by atoms with Crippen LogP contribution in [0.3, 0.4) is 0 Å². The lowest BCUT2D eigenvalue weighted by atomic mass is 9.87. The average Bonchev–Trinajstić information content (AvgIpc) is 2.92. The van der Waals surface area contributed by atoms with Crippen LogP contribution >= 0.6 is 0 Å². The number of carboxylic acid groups (broad SMARTS) is 1. The standard InChI is InChI=1S/C32H46N2O4/c1-4-6-21-38-34(20-19-25-14-8-7-9-15-25)23-26-17-18-28(31(35)33-30(12-5-2)32(36)37)29(22-26)27-16-11-10-13-24(27)3/h10-11,13,16-18,22,25,30H,4-9,12,14-15,19-21,23H2,1-3H3,(H,33,35)(H,36,37)/t30-/m0/s1. The molecular weight excluding hydrogens is 476 g/mol. The van der Waals surface area contributed by atoms with E-state index in [0.29, 0.717) is 31.6 Å². The van der Waals surface area contributed by atoms with Crippen LogP contribution in [-0.4, -0.2) is 41.2 Å². The van der Waals surface area contributed by atoms with Crippen molar-refractivity contribution in [3.05, 3.63) is 59.2 Å². The van der Waals surface area contributed by atoms with E-state index < -0.39 is 12.0 Å². The first-order valence-corrected chi connectivity index (χ1v) is 14.5. The molecule has 0 radical (unpaired) electrons. The van der Waals surface area contributed by atoms with Crippen LogP contribution in [0.5, 0.6) is 0 Å². The second-order valence-corrected chi connectivity index (χ2v) is 10.7. The van der Waals surface area contributed by atoms with E-state index in [1.54, 1.807) is 0 Å². The lowest BCUT2D eigenvalue weighted by molar-refractivity contribution is -0.169. The Hall–Kier alpha value is -2.70. The molecule has 2 N–H and O–H groups in total. The van der Waals surface area contributed by atoms with Gasteiger partial charge in [-0.3, -0.25) is 9.63 Å². The van der Waals surface area contributed by atoms with Crippen LogP contribution < -0.4 is 5.32 Å². The Morgan fingerprint density at radius 3 is 2.50 bits per heavy atom. The van der Waals surface area contributed by atoms with Gasteiger partial charge in [0.25, 0.3) is 5.91 Å². The summed E-state index contributed by atoms with van der Waals surface area (Å²) in [6.45, 7) is 8.37. The number of aryl methyl sites for hydroxylation is 1. The molecule has 38 heavy (non-hydrogen) atoms. The molecule has 1 fully saturated rings. The molecule has 0 aromatic heterocycles. The maximum Gasteiger partial charge on any atom is 0.326 e. The number of nitrogens with zero attached hydrogens (tertiary/aromatic N) is 1. The Morgan fingerprint density at radius 1 is 1.05 bits per heavy atom. The van der Waals surface area contributed by atoms with Gasteiger partial charge in [-0.05, 0) is 66.5 Å². The number of hydroxylamine groups is 2. The molecule has 0 saturated heterocycles. The fraction of sp³-hybridized carbons (Fsp3) is 0.562. The predicted octanol–water partition coefficient (Wildman–Crippen LogP) is 7.15. The molecule has 6 heteroatoms. The van der Waals surface area contributed by atoms with Gasteiger partial charge in [0.05, 0.1) is 6.61 Å². The van der Waals surface area contributed by atoms with E-state index >= 15 is 0 Å². The zero-order valence-corrected chi connectivity index (χ0v) is 23.5. The number of aliphatic carboxylic acids is 1. The third-order valence-electron chi connectivity index (χ3n) is 7.59. The van der Waals surface area contributed by atoms with Crippen molar-refractivity contribution in [1.29, 1.82) is 0 Å². The van der Waals surface area contributed by atoms with Crippen LogP contribution in [0.2, 0.25) is 0 Å². The summed E-state index contributed by atoms with van der Waals surface area (Å²) in [5.74, 6) is -0.587. The highest BCUT2D eigenvalue weighted by Crippen LogP contribution is 2.30. The highest BCUT2D eigenvalue weighted by atomic mass is 16.7. The SMILES string of the molecule is CCCCON(CCC1CCCCC1)Cc1ccc(C(=O)N[C@@H](CCC)C(=O)O)c(-c2ccccc2C)c1. The first-order valence-electron chi connectivity index (χ1n) is 14.5. The topological polar surface area (TPSA) is 78.9 Å². The number of unbranched alkanes of at least 4 members (excludes halogenated alkanes) is 1. The smallest absolute Gasteiger partial charge is 0.326 e. The molecule has 2 aromatic carbocycles. The van der Waals surface area contributed by atoms with E-state index in [1.807, 2.05) is 50.2 Å². The van der Waals surface area contributed by atoms with Crippen molar-refractivity contribution >= 4 is 11.9 Å². The molecule has 1 saturated carbocycles. The second kappa shape index (κ2) is 15.6. The van der Waals surface area contributed by atoms with Gasteiger partial charge in [-0.2, -0.15) is 5.06 Å². The Kier molecular flexibility index (Phi) is 12.3. The van der Waals surface area contributed by atoms with E-state index in [2.05, 4.69) is 23.4 Å². The Balaban J connectivity index is 1.86. The summed E-state index contributed by atoms with van der Waals surface area (Å²) in [4.78, 5) is 31.2. The summed E-state index contributed by atoms with van der Waals surface area (Å²) in [5, 5.41) is 14.4. The van der Waals surface area contributed by atoms with Crippen molar-refractivity contribution in [2.45, 2.75) is 97.6 Å². The van der Waals surface area contributed by atoms with Gasteiger partial charge in [-0.15, -0.1) is 0 Å². The summed E-state index contributed by atoms with van der Waals surface area (Å²) in [6, 6.07) is 13.0. The molecular formula is C32H46N2O4. The van der Waals surface area contributed by atoms with Crippen LogP contribution in [0, 0.1) is 12.8 Å². The number of amides is 1. The van der Waals surface area contributed by atoms with Crippen LogP contribution in [0.15, 0.2) is 42.5 Å². The lowest BCUT2D eigenvalue weighted by Gasteiger charge is -2.27. The maximum atomic E-state index is 13.3. The van der Waals surface area contributed by atoms with Crippen molar-refractivity contribution in [2.24, 2.45) is 5.92 Å². The van der Waals surface area contributed by atoms with Crippen molar-refractivity contribution < 1.29 is 19.5 Å². The first kappa shape index (κ1) is 29.9. The molecule has 0 aliphatic heterocycles. The number of carbonyl (C=O) groups excluding carboxylic acids is 1. The zero-order valence-electron chi connectivity index (χ0n) is 23.5. The van der Waals surface area contributed by atoms with Crippen LogP contribution in [0.25, 0.3) is 11.1 Å². The molecule has 3 rings (SSSR count).